The minimum atomic E-state index is -0.487. The molecule has 0 aliphatic heterocycles. The van der Waals surface area contributed by atoms with E-state index >= 15 is 0 Å². The van der Waals surface area contributed by atoms with Gasteiger partial charge in [0.1, 0.15) is 5.00 Å². The van der Waals surface area contributed by atoms with Crippen LogP contribution in [0.25, 0.3) is 0 Å². The zero-order chi connectivity index (χ0) is 22.2. The molecule has 9 heteroatoms. The molecule has 2 aromatic rings. The maximum absolute atomic E-state index is 12.6. The van der Waals surface area contributed by atoms with Crippen LogP contribution in [0.4, 0.5) is 5.00 Å². The highest BCUT2D eigenvalue weighted by molar-refractivity contribution is 14.1. The summed E-state index contributed by atoms with van der Waals surface area (Å²) in [5, 5.41) is 6.68. The van der Waals surface area contributed by atoms with Crippen LogP contribution in [0.2, 0.25) is 5.02 Å². The van der Waals surface area contributed by atoms with Gasteiger partial charge in [-0.1, -0.05) is 32.4 Å². The second-order valence-electron chi connectivity index (χ2n) is 8.41. The molecule has 0 unspecified atom stereocenters. The molecule has 5 nitrogen and oxygen atoms in total. The van der Waals surface area contributed by atoms with Gasteiger partial charge in [0.2, 0.25) is 0 Å². The molecular weight excluding hydrogens is 553 g/mol. The van der Waals surface area contributed by atoms with E-state index in [-0.39, 0.29) is 10.5 Å². The molecule has 0 radical (unpaired) electrons. The summed E-state index contributed by atoms with van der Waals surface area (Å²) in [6, 6.07) is 5.17. The molecule has 0 saturated heterocycles. The predicted molar refractivity (Wildman–Crippen MR) is 136 cm³/mol. The van der Waals surface area contributed by atoms with E-state index in [4.69, 9.17) is 29.6 Å². The first kappa shape index (κ1) is 23.4. The van der Waals surface area contributed by atoms with E-state index in [9.17, 15) is 9.59 Å². The van der Waals surface area contributed by atoms with E-state index in [0.29, 0.717) is 27.1 Å². The standard InChI is InChI=1S/C21H23ClIN3O2S2/c1-21(2,3)10-4-6-12-15(8-10)30-19(16(12)17(24)27)26-20(29)25-18(28)13-9-11(23)5-7-14(13)22/h5,7,9-10H,4,6,8H2,1-3H3,(H2,24,27)(H2,25,26,28,29)/t10-/m0/s1. The zero-order valence-electron chi connectivity index (χ0n) is 16.9. The summed E-state index contributed by atoms with van der Waals surface area (Å²) in [6.07, 6.45) is 2.73. The van der Waals surface area contributed by atoms with Gasteiger partial charge in [0, 0.05) is 8.45 Å². The van der Waals surface area contributed by atoms with Crippen LogP contribution in [0.3, 0.4) is 0 Å². The van der Waals surface area contributed by atoms with Gasteiger partial charge in [-0.2, -0.15) is 0 Å². The monoisotopic (exact) mass is 575 g/mol. The molecule has 1 aromatic carbocycles. The Hall–Kier alpha value is -1.23. The van der Waals surface area contributed by atoms with Crippen molar-refractivity contribution in [3.05, 3.63) is 48.4 Å². The molecular formula is C21H23ClIN3O2S2. The Morgan fingerprint density at radius 3 is 2.67 bits per heavy atom. The number of nitrogens with one attached hydrogen (secondary N) is 2. The third-order valence-corrected chi connectivity index (χ3v) is 7.74. The van der Waals surface area contributed by atoms with Gasteiger partial charge in [-0.15, -0.1) is 11.3 Å². The lowest BCUT2D eigenvalue weighted by molar-refractivity contribution is 0.0975. The van der Waals surface area contributed by atoms with Gasteiger partial charge in [-0.05, 0) is 89.2 Å². The third-order valence-electron chi connectivity index (χ3n) is 5.36. The highest BCUT2D eigenvalue weighted by Gasteiger charge is 2.33. The number of benzene rings is 1. The van der Waals surface area contributed by atoms with Crippen molar-refractivity contribution in [1.82, 2.24) is 5.32 Å². The number of amides is 2. The number of nitrogens with two attached hydrogens (primary N) is 1. The average Bonchev–Trinajstić information content (AvgIpc) is 2.99. The number of fused-ring (bicyclic) bond motifs is 1. The maximum atomic E-state index is 12.6. The molecule has 160 valence electrons. The number of carbonyl (C=O) groups excluding carboxylic acids is 2. The number of anilines is 1. The summed E-state index contributed by atoms with van der Waals surface area (Å²) in [4.78, 5) is 25.9. The van der Waals surface area contributed by atoms with Gasteiger partial charge in [0.25, 0.3) is 11.8 Å². The number of thiocarbonyl (C=S) groups is 1. The van der Waals surface area contributed by atoms with E-state index in [0.717, 1.165) is 33.3 Å². The van der Waals surface area contributed by atoms with Crippen molar-refractivity contribution >= 4 is 79.7 Å². The van der Waals surface area contributed by atoms with E-state index in [1.165, 1.54) is 11.3 Å². The molecule has 1 heterocycles. The van der Waals surface area contributed by atoms with Crippen molar-refractivity contribution in [3.8, 4) is 0 Å². The van der Waals surface area contributed by atoms with Crippen LogP contribution in [-0.4, -0.2) is 16.9 Å². The van der Waals surface area contributed by atoms with E-state index in [2.05, 4.69) is 54.0 Å². The molecule has 30 heavy (non-hydrogen) atoms. The molecule has 1 aliphatic rings. The van der Waals surface area contributed by atoms with Crippen LogP contribution in [-0.2, 0) is 12.8 Å². The Kier molecular flexibility index (Phi) is 7.11. The first-order chi connectivity index (χ1) is 14.0. The Bertz CT molecular complexity index is 1030. The second-order valence-corrected chi connectivity index (χ2v) is 11.6. The number of rotatable bonds is 3. The molecule has 1 atom stereocenters. The highest BCUT2D eigenvalue weighted by Crippen LogP contribution is 2.44. The molecule has 0 spiro atoms. The molecule has 0 saturated carbocycles. The van der Waals surface area contributed by atoms with Gasteiger partial charge in [-0.25, -0.2) is 0 Å². The van der Waals surface area contributed by atoms with Gasteiger partial charge < -0.3 is 11.1 Å². The lowest BCUT2D eigenvalue weighted by atomic mass is 9.72. The van der Waals surface area contributed by atoms with Crippen molar-refractivity contribution in [2.45, 2.75) is 40.0 Å². The summed E-state index contributed by atoms with van der Waals surface area (Å²) < 4.78 is 0.886. The van der Waals surface area contributed by atoms with Crippen LogP contribution in [0.5, 0.6) is 0 Å². The maximum Gasteiger partial charge on any atom is 0.258 e. The number of hydrogen-bond acceptors (Lipinski definition) is 4. The van der Waals surface area contributed by atoms with Crippen molar-refractivity contribution in [2.75, 3.05) is 5.32 Å². The lowest BCUT2D eigenvalue weighted by Gasteiger charge is -2.33. The van der Waals surface area contributed by atoms with Crippen LogP contribution in [0.1, 0.15) is 58.3 Å². The van der Waals surface area contributed by atoms with Gasteiger partial charge >= 0.3 is 0 Å². The molecule has 4 N–H and O–H groups in total. The van der Waals surface area contributed by atoms with Gasteiger partial charge in [-0.3, -0.25) is 14.9 Å². The first-order valence-electron chi connectivity index (χ1n) is 9.49. The van der Waals surface area contributed by atoms with E-state index in [1.807, 2.05) is 6.07 Å². The van der Waals surface area contributed by atoms with Gasteiger partial charge in [0.05, 0.1) is 16.1 Å². The van der Waals surface area contributed by atoms with Crippen LogP contribution >= 0.6 is 57.7 Å². The Balaban J connectivity index is 1.80. The summed E-state index contributed by atoms with van der Waals surface area (Å²) in [7, 11) is 0. The summed E-state index contributed by atoms with van der Waals surface area (Å²) in [5.41, 5.74) is 7.70. The van der Waals surface area contributed by atoms with Gasteiger partial charge in [0.15, 0.2) is 5.11 Å². The molecule has 1 aliphatic carbocycles. The molecule has 2 amide bonds. The number of hydrogen-bond donors (Lipinski definition) is 3. The SMILES string of the molecule is CC(C)(C)[C@H]1CCc2c(sc(NC(=S)NC(=O)c3cc(I)ccc3Cl)c2C(N)=O)C1. The molecule has 1 aromatic heterocycles. The first-order valence-corrected chi connectivity index (χ1v) is 12.2. The largest absolute Gasteiger partial charge is 0.365 e. The topological polar surface area (TPSA) is 84.2 Å². The quantitative estimate of drug-likeness (QED) is 0.339. The number of thiophene rings is 1. The van der Waals surface area contributed by atoms with E-state index < -0.39 is 11.8 Å². The third kappa shape index (κ3) is 5.15. The zero-order valence-corrected chi connectivity index (χ0v) is 21.4. The fourth-order valence-corrected chi connectivity index (χ4v) is 5.94. The highest BCUT2D eigenvalue weighted by atomic mass is 127. The minimum absolute atomic E-state index is 0.100. The van der Waals surface area contributed by atoms with Crippen molar-refractivity contribution < 1.29 is 9.59 Å². The average molecular weight is 576 g/mol. The predicted octanol–water partition coefficient (Wildman–Crippen LogP) is 5.38. The number of carbonyl (C=O) groups is 2. The van der Waals surface area contributed by atoms with Crippen LogP contribution in [0, 0.1) is 14.9 Å². The number of primary amides is 1. The summed E-state index contributed by atoms with van der Waals surface area (Å²) in [5.74, 6) is -0.365. The van der Waals surface area contributed by atoms with Crippen LogP contribution in [0.15, 0.2) is 18.2 Å². The molecule has 3 rings (SSSR count). The van der Waals surface area contributed by atoms with Crippen molar-refractivity contribution in [2.24, 2.45) is 17.1 Å². The van der Waals surface area contributed by atoms with Crippen molar-refractivity contribution in [3.63, 3.8) is 0 Å². The number of halogens is 2. The fourth-order valence-electron chi connectivity index (χ4n) is 3.65. The normalized spacial score (nSPS) is 16.0. The molecule has 0 fully saturated rings. The fraction of sp³-hybridized carbons (Fsp3) is 0.381. The van der Waals surface area contributed by atoms with Crippen molar-refractivity contribution in [1.29, 1.82) is 0 Å². The Morgan fingerprint density at radius 2 is 2.03 bits per heavy atom. The van der Waals surface area contributed by atoms with E-state index in [1.54, 1.807) is 12.1 Å². The summed E-state index contributed by atoms with van der Waals surface area (Å²) >= 11 is 15.1. The smallest absolute Gasteiger partial charge is 0.258 e. The minimum Gasteiger partial charge on any atom is -0.365 e. The lowest BCUT2D eigenvalue weighted by Crippen LogP contribution is -2.34. The molecule has 0 bridgehead atoms. The summed E-state index contributed by atoms with van der Waals surface area (Å²) in [6.45, 7) is 6.72. The Morgan fingerprint density at radius 1 is 1.33 bits per heavy atom. The Labute approximate surface area is 204 Å². The van der Waals surface area contributed by atoms with Crippen LogP contribution < -0.4 is 16.4 Å². The second kappa shape index (κ2) is 9.10.